The van der Waals surface area contributed by atoms with E-state index in [1.54, 1.807) is 0 Å². The van der Waals surface area contributed by atoms with E-state index in [0.29, 0.717) is 0 Å². The number of aliphatic hydroxyl groups is 3. The Morgan fingerprint density at radius 1 is 1.42 bits per heavy atom. The van der Waals surface area contributed by atoms with Crippen molar-refractivity contribution in [3.05, 3.63) is 0 Å². The van der Waals surface area contributed by atoms with Crippen LogP contribution in [0.1, 0.15) is 0 Å². The normalized spacial score (nSPS) is 39.1. The molecule has 2 saturated heterocycles. The fourth-order valence-electron chi connectivity index (χ4n) is 2.11. The van der Waals surface area contributed by atoms with Crippen molar-refractivity contribution in [2.24, 2.45) is 5.92 Å². The average Bonchev–Trinajstić information content (AvgIpc) is 2.67. The second-order valence-electron chi connectivity index (χ2n) is 4.39. The third kappa shape index (κ3) is 2.29. The molecule has 8 heteroatoms. The maximum absolute atomic E-state index is 11.7. The van der Waals surface area contributed by atoms with Gasteiger partial charge in [0.05, 0.1) is 6.61 Å². The molecule has 1 unspecified atom stereocenters. The van der Waals surface area contributed by atoms with Gasteiger partial charge in [0.15, 0.2) is 6.23 Å². The van der Waals surface area contributed by atoms with E-state index in [-0.39, 0.29) is 6.54 Å². The lowest BCUT2D eigenvalue weighted by molar-refractivity contribution is -0.129. The zero-order valence-corrected chi connectivity index (χ0v) is 9.89. The summed E-state index contributed by atoms with van der Waals surface area (Å²) >= 11 is 0. The summed E-state index contributed by atoms with van der Waals surface area (Å²) in [5.74, 6) is 0.788. The lowest BCUT2D eigenvalue weighted by atomic mass is 10.1. The smallest absolute Gasteiger partial charge is 0.326 e. The minimum absolute atomic E-state index is 0.117. The molecule has 0 aromatic carbocycles. The zero-order valence-electron chi connectivity index (χ0n) is 9.89. The van der Waals surface area contributed by atoms with Gasteiger partial charge in [0.1, 0.15) is 24.2 Å². The van der Waals surface area contributed by atoms with Crippen molar-refractivity contribution in [2.45, 2.75) is 24.5 Å². The summed E-state index contributed by atoms with van der Waals surface area (Å²) in [6.45, 7) is -0.616. The SMILES string of the molecule is C#CC1CN([C@@H]2O[C@H](CO)[C@@H](O)[C@H]2O)C(=O)NC1=O. The molecule has 2 rings (SSSR count). The standard InChI is InChI=1S/C11H14N2O6/c1-2-5-3-13(11(18)12-9(5)17)10-8(16)7(15)6(4-14)19-10/h1,5-8,10,14-16H,3-4H2,(H,12,17,18)/t5?,6-,7-,8-,10-/m1/s1. The Hall–Kier alpha value is -1.66. The number of hydrogen-bond donors (Lipinski definition) is 4. The molecule has 2 fully saturated rings. The number of carbonyl (C=O) groups is 2. The Kier molecular flexibility index (Phi) is 3.73. The molecule has 2 aliphatic heterocycles. The molecule has 0 aromatic rings. The van der Waals surface area contributed by atoms with Crippen molar-refractivity contribution in [3.63, 3.8) is 0 Å². The largest absolute Gasteiger partial charge is 0.394 e. The van der Waals surface area contributed by atoms with Gasteiger partial charge in [0, 0.05) is 6.54 Å². The summed E-state index contributed by atoms with van der Waals surface area (Å²) < 4.78 is 5.21. The molecule has 5 atom stereocenters. The van der Waals surface area contributed by atoms with E-state index in [2.05, 4.69) is 5.92 Å². The quantitative estimate of drug-likeness (QED) is 0.403. The van der Waals surface area contributed by atoms with Crippen LogP contribution in [-0.2, 0) is 9.53 Å². The van der Waals surface area contributed by atoms with Crippen molar-refractivity contribution in [1.29, 1.82) is 0 Å². The monoisotopic (exact) mass is 270 g/mol. The molecule has 8 nitrogen and oxygen atoms in total. The first kappa shape index (κ1) is 13.8. The van der Waals surface area contributed by atoms with Gasteiger partial charge in [-0.2, -0.15) is 0 Å². The molecule has 0 aromatic heterocycles. The van der Waals surface area contributed by atoms with Crippen LogP contribution in [0.15, 0.2) is 0 Å². The maximum atomic E-state index is 11.7. The van der Waals surface area contributed by atoms with Crippen LogP contribution < -0.4 is 5.32 Å². The lowest BCUT2D eigenvalue weighted by Crippen LogP contribution is -2.59. The summed E-state index contributed by atoms with van der Waals surface area (Å²) in [6, 6.07) is -0.758. The van der Waals surface area contributed by atoms with Gasteiger partial charge in [-0.15, -0.1) is 6.42 Å². The highest BCUT2D eigenvalue weighted by molar-refractivity contribution is 5.99. The molecule has 0 spiro atoms. The average molecular weight is 270 g/mol. The molecular formula is C11H14N2O6. The van der Waals surface area contributed by atoms with Crippen LogP contribution in [0.3, 0.4) is 0 Å². The van der Waals surface area contributed by atoms with Crippen LogP contribution in [0.2, 0.25) is 0 Å². The molecule has 2 heterocycles. The van der Waals surface area contributed by atoms with Crippen molar-refractivity contribution < 1.29 is 29.6 Å². The predicted octanol–water partition coefficient (Wildman–Crippen LogP) is -2.77. The van der Waals surface area contributed by atoms with Crippen LogP contribution in [0.5, 0.6) is 0 Å². The molecular weight excluding hydrogens is 256 g/mol. The first-order valence-electron chi connectivity index (χ1n) is 5.69. The minimum atomic E-state index is -1.38. The minimum Gasteiger partial charge on any atom is -0.394 e. The summed E-state index contributed by atoms with van der Waals surface area (Å²) in [7, 11) is 0. The number of ether oxygens (including phenoxy) is 1. The number of nitrogens with one attached hydrogen (secondary N) is 1. The summed E-state index contributed by atoms with van der Waals surface area (Å²) in [4.78, 5) is 24.1. The van der Waals surface area contributed by atoms with E-state index in [9.17, 15) is 19.8 Å². The molecule has 0 aliphatic carbocycles. The summed E-state index contributed by atoms with van der Waals surface area (Å²) in [6.07, 6.45) is 0.331. The fourth-order valence-corrected chi connectivity index (χ4v) is 2.11. The predicted molar refractivity (Wildman–Crippen MR) is 60.3 cm³/mol. The maximum Gasteiger partial charge on any atom is 0.326 e. The highest BCUT2D eigenvalue weighted by Gasteiger charge is 2.48. The Bertz CT molecular complexity index is 433. The van der Waals surface area contributed by atoms with Crippen molar-refractivity contribution in [2.75, 3.05) is 13.2 Å². The third-order valence-electron chi connectivity index (χ3n) is 3.21. The van der Waals surface area contributed by atoms with Gasteiger partial charge >= 0.3 is 6.03 Å². The van der Waals surface area contributed by atoms with Crippen LogP contribution in [-0.4, -0.2) is 69.8 Å². The van der Waals surface area contributed by atoms with E-state index in [1.165, 1.54) is 0 Å². The first-order chi connectivity index (χ1) is 8.99. The number of imide groups is 1. The molecule has 0 saturated carbocycles. The number of hydrogen-bond acceptors (Lipinski definition) is 6. The summed E-state index contributed by atoms with van der Waals surface area (Å²) in [5, 5.41) is 30.4. The number of urea groups is 1. The molecule has 2 aliphatic rings. The Morgan fingerprint density at radius 2 is 2.11 bits per heavy atom. The zero-order chi connectivity index (χ0) is 14.2. The van der Waals surface area contributed by atoms with Gasteiger partial charge in [0.25, 0.3) is 0 Å². The van der Waals surface area contributed by atoms with Crippen LogP contribution >= 0.6 is 0 Å². The highest BCUT2D eigenvalue weighted by atomic mass is 16.6. The fraction of sp³-hybridized carbons (Fsp3) is 0.636. The first-order valence-corrected chi connectivity index (χ1v) is 5.69. The second-order valence-corrected chi connectivity index (χ2v) is 4.39. The van der Waals surface area contributed by atoms with E-state index in [0.717, 1.165) is 4.90 Å². The van der Waals surface area contributed by atoms with Gasteiger partial charge in [-0.05, 0) is 0 Å². The lowest BCUT2D eigenvalue weighted by Gasteiger charge is -2.35. The van der Waals surface area contributed by atoms with Gasteiger partial charge in [-0.1, -0.05) is 5.92 Å². The van der Waals surface area contributed by atoms with E-state index in [4.69, 9.17) is 16.3 Å². The number of aliphatic hydroxyl groups excluding tert-OH is 3. The van der Waals surface area contributed by atoms with Crippen molar-refractivity contribution in [3.8, 4) is 12.3 Å². The second kappa shape index (κ2) is 5.14. The van der Waals surface area contributed by atoms with Gasteiger partial charge in [0.2, 0.25) is 5.91 Å². The van der Waals surface area contributed by atoms with Crippen LogP contribution in [0.25, 0.3) is 0 Å². The summed E-state index contributed by atoms with van der Waals surface area (Å²) in [5.41, 5.74) is 0. The molecule has 0 radical (unpaired) electrons. The number of rotatable bonds is 2. The number of carbonyl (C=O) groups excluding carboxylic acids is 2. The van der Waals surface area contributed by atoms with Gasteiger partial charge in [-0.3, -0.25) is 15.0 Å². The van der Waals surface area contributed by atoms with Gasteiger partial charge < -0.3 is 20.1 Å². The number of amides is 3. The molecule has 3 amide bonds. The molecule has 4 N–H and O–H groups in total. The number of terminal acetylenes is 1. The highest BCUT2D eigenvalue weighted by Crippen LogP contribution is 2.26. The molecule has 19 heavy (non-hydrogen) atoms. The van der Waals surface area contributed by atoms with E-state index < -0.39 is 49.0 Å². The van der Waals surface area contributed by atoms with Crippen LogP contribution in [0, 0.1) is 18.3 Å². The Morgan fingerprint density at radius 3 is 2.63 bits per heavy atom. The van der Waals surface area contributed by atoms with Gasteiger partial charge in [-0.25, -0.2) is 4.79 Å². The van der Waals surface area contributed by atoms with E-state index >= 15 is 0 Å². The topological polar surface area (TPSA) is 119 Å². The molecule has 0 bridgehead atoms. The van der Waals surface area contributed by atoms with E-state index in [1.807, 2.05) is 5.32 Å². The van der Waals surface area contributed by atoms with Crippen molar-refractivity contribution in [1.82, 2.24) is 10.2 Å². The van der Waals surface area contributed by atoms with Crippen LogP contribution in [0.4, 0.5) is 4.79 Å². The molecule has 104 valence electrons. The number of nitrogens with zero attached hydrogens (tertiary/aromatic N) is 1. The Balaban J connectivity index is 2.15. The van der Waals surface area contributed by atoms with Crippen molar-refractivity contribution >= 4 is 11.9 Å². The Labute approximate surface area is 109 Å². The third-order valence-corrected chi connectivity index (χ3v) is 3.21.